The second kappa shape index (κ2) is 5.97. The normalized spacial score (nSPS) is 18.9. The maximum Gasteiger partial charge on any atom is 0.223 e. The second-order valence-corrected chi connectivity index (χ2v) is 6.84. The third-order valence-corrected chi connectivity index (χ3v) is 4.55. The second-order valence-electron chi connectivity index (χ2n) is 5.11. The summed E-state index contributed by atoms with van der Waals surface area (Å²) >= 11 is 0. The average molecular weight is 299 g/mol. The molecule has 0 fully saturated rings. The SMILES string of the molecule is CC[C@H]1c2cccn2CCN1C(=O)CCCS(N)(=O)=O. The molecule has 112 valence electrons. The lowest BCUT2D eigenvalue weighted by molar-refractivity contribution is -0.134. The number of aromatic nitrogens is 1. The topological polar surface area (TPSA) is 85.4 Å². The molecule has 0 saturated heterocycles. The lowest BCUT2D eigenvalue weighted by atomic mass is 10.1. The minimum atomic E-state index is -3.48. The number of carbonyl (C=O) groups excluding carboxylic acids is 1. The van der Waals surface area contributed by atoms with Crippen molar-refractivity contribution in [1.29, 1.82) is 0 Å². The Bertz CT molecular complexity index is 579. The molecular weight excluding hydrogens is 278 g/mol. The number of primary sulfonamides is 1. The number of nitrogens with two attached hydrogens (primary N) is 1. The molecule has 2 rings (SSSR count). The van der Waals surface area contributed by atoms with Gasteiger partial charge in [0.15, 0.2) is 0 Å². The standard InChI is InChI=1S/C13H21N3O3S/c1-2-11-12-5-3-7-15(12)8-9-16(11)13(17)6-4-10-20(14,18)19/h3,5,7,11H,2,4,6,8-10H2,1H3,(H2,14,18,19)/t11-/m0/s1. The summed E-state index contributed by atoms with van der Waals surface area (Å²) < 4.78 is 23.9. The molecule has 2 heterocycles. The smallest absolute Gasteiger partial charge is 0.223 e. The van der Waals surface area contributed by atoms with Crippen LogP contribution in [0.5, 0.6) is 0 Å². The van der Waals surface area contributed by atoms with Gasteiger partial charge in [-0.15, -0.1) is 0 Å². The quantitative estimate of drug-likeness (QED) is 0.874. The maximum absolute atomic E-state index is 12.3. The number of rotatable bonds is 5. The van der Waals surface area contributed by atoms with Crippen molar-refractivity contribution < 1.29 is 13.2 Å². The van der Waals surface area contributed by atoms with E-state index in [-0.39, 0.29) is 30.5 Å². The van der Waals surface area contributed by atoms with Crippen molar-refractivity contribution in [1.82, 2.24) is 9.47 Å². The van der Waals surface area contributed by atoms with Crippen molar-refractivity contribution in [3.05, 3.63) is 24.0 Å². The Kier molecular flexibility index (Phi) is 4.49. The number of carbonyl (C=O) groups is 1. The number of fused-ring (bicyclic) bond motifs is 1. The minimum absolute atomic E-state index is 0.00736. The number of hydrogen-bond donors (Lipinski definition) is 1. The molecule has 1 aliphatic heterocycles. The predicted molar refractivity (Wildman–Crippen MR) is 76.4 cm³/mol. The minimum Gasteiger partial charge on any atom is -0.348 e. The molecular formula is C13H21N3O3S. The van der Waals surface area contributed by atoms with Gasteiger partial charge in [-0.2, -0.15) is 0 Å². The van der Waals surface area contributed by atoms with Gasteiger partial charge in [0.2, 0.25) is 15.9 Å². The van der Waals surface area contributed by atoms with Crippen molar-refractivity contribution in [3.8, 4) is 0 Å². The van der Waals surface area contributed by atoms with Gasteiger partial charge in [0, 0.05) is 31.4 Å². The van der Waals surface area contributed by atoms with E-state index >= 15 is 0 Å². The van der Waals surface area contributed by atoms with Gasteiger partial charge in [-0.1, -0.05) is 6.92 Å². The zero-order valence-corrected chi connectivity index (χ0v) is 12.5. The Hall–Kier alpha value is -1.34. The first kappa shape index (κ1) is 15.1. The molecule has 0 unspecified atom stereocenters. The van der Waals surface area contributed by atoms with E-state index < -0.39 is 10.0 Å². The molecule has 0 aromatic carbocycles. The first-order valence-corrected chi connectivity index (χ1v) is 8.59. The third kappa shape index (κ3) is 3.40. The fourth-order valence-corrected chi connectivity index (χ4v) is 3.31. The molecule has 20 heavy (non-hydrogen) atoms. The molecule has 1 aliphatic rings. The highest BCUT2D eigenvalue weighted by Gasteiger charge is 2.29. The zero-order valence-electron chi connectivity index (χ0n) is 11.7. The van der Waals surface area contributed by atoms with Crippen LogP contribution in [0.15, 0.2) is 18.3 Å². The van der Waals surface area contributed by atoms with Gasteiger partial charge in [0.05, 0.1) is 11.8 Å². The van der Waals surface area contributed by atoms with Gasteiger partial charge in [-0.25, -0.2) is 13.6 Å². The van der Waals surface area contributed by atoms with Crippen molar-refractivity contribution in [2.75, 3.05) is 12.3 Å². The van der Waals surface area contributed by atoms with Gasteiger partial charge < -0.3 is 9.47 Å². The summed E-state index contributed by atoms with van der Waals surface area (Å²) in [6.07, 6.45) is 3.39. The van der Waals surface area contributed by atoms with Crippen LogP contribution in [-0.2, 0) is 21.4 Å². The van der Waals surface area contributed by atoms with Gasteiger partial charge in [0.25, 0.3) is 0 Å². The summed E-state index contributed by atoms with van der Waals surface area (Å²) in [7, 11) is -3.48. The Balaban J connectivity index is 2.00. The zero-order chi connectivity index (χ0) is 14.8. The van der Waals surface area contributed by atoms with Crippen LogP contribution in [0, 0.1) is 0 Å². The van der Waals surface area contributed by atoms with Crippen LogP contribution in [0.2, 0.25) is 0 Å². The van der Waals surface area contributed by atoms with Crippen LogP contribution in [0.25, 0.3) is 0 Å². The Morgan fingerprint density at radius 3 is 2.85 bits per heavy atom. The highest BCUT2D eigenvalue weighted by molar-refractivity contribution is 7.89. The Labute approximate surface area is 119 Å². The summed E-state index contributed by atoms with van der Waals surface area (Å²) in [6.45, 7) is 3.52. The van der Waals surface area contributed by atoms with E-state index in [1.54, 1.807) is 0 Å². The molecule has 2 N–H and O–H groups in total. The maximum atomic E-state index is 12.3. The van der Waals surface area contributed by atoms with Gasteiger partial charge in [0.1, 0.15) is 0 Å². The molecule has 7 heteroatoms. The summed E-state index contributed by atoms with van der Waals surface area (Å²) in [6, 6.07) is 4.12. The van der Waals surface area contributed by atoms with Crippen LogP contribution in [0.1, 0.15) is 37.9 Å². The third-order valence-electron chi connectivity index (χ3n) is 3.69. The molecule has 0 saturated carbocycles. The van der Waals surface area contributed by atoms with Crippen LogP contribution < -0.4 is 5.14 Å². The van der Waals surface area contributed by atoms with Crippen molar-refractivity contribution in [2.45, 2.75) is 38.8 Å². The first-order chi connectivity index (χ1) is 9.42. The molecule has 1 atom stereocenters. The monoisotopic (exact) mass is 299 g/mol. The van der Waals surface area contributed by atoms with Gasteiger partial charge in [-0.3, -0.25) is 4.79 Å². The van der Waals surface area contributed by atoms with Crippen molar-refractivity contribution >= 4 is 15.9 Å². The van der Waals surface area contributed by atoms with E-state index in [1.807, 2.05) is 23.2 Å². The molecule has 0 bridgehead atoms. The van der Waals surface area contributed by atoms with Crippen LogP contribution in [-0.4, -0.2) is 36.1 Å². The molecule has 1 amide bonds. The van der Waals surface area contributed by atoms with Gasteiger partial charge in [-0.05, 0) is 25.0 Å². The van der Waals surface area contributed by atoms with Gasteiger partial charge >= 0.3 is 0 Å². The lowest BCUT2D eigenvalue weighted by Gasteiger charge is -2.36. The average Bonchev–Trinajstić information content (AvgIpc) is 2.83. The van der Waals surface area contributed by atoms with Crippen LogP contribution in [0.4, 0.5) is 0 Å². The number of nitrogens with zero attached hydrogens (tertiary/aromatic N) is 2. The highest BCUT2D eigenvalue weighted by Crippen LogP contribution is 2.29. The van der Waals surface area contributed by atoms with Crippen LogP contribution in [0.3, 0.4) is 0 Å². The first-order valence-electron chi connectivity index (χ1n) is 6.87. The number of hydrogen-bond acceptors (Lipinski definition) is 3. The Morgan fingerprint density at radius 2 is 2.20 bits per heavy atom. The number of sulfonamides is 1. The summed E-state index contributed by atoms with van der Waals surface area (Å²) in [5.74, 6) is -0.132. The fraction of sp³-hybridized carbons (Fsp3) is 0.615. The van der Waals surface area contributed by atoms with Crippen LogP contribution >= 0.6 is 0 Å². The molecule has 1 aromatic heterocycles. The molecule has 1 aromatic rings. The van der Waals surface area contributed by atoms with E-state index in [0.717, 1.165) is 18.7 Å². The fourth-order valence-electron chi connectivity index (χ4n) is 2.76. The van der Waals surface area contributed by atoms with E-state index in [4.69, 9.17) is 5.14 Å². The molecule has 0 radical (unpaired) electrons. The van der Waals surface area contributed by atoms with E-state index in [9.17, 15) is 13.2 Å². The Morgan fingerprint density at radius 1 is 1.45 bits per heavy atom. The molecule has 6 nitrogen and oxygen atoms in total. The summed E-state index contributed by atoms with van der Waals surface area (Å²) in [5.41, 5.74) is 1.15. The molecule has 0 aliphatic carbocycles. The largest absolute Gasteiger partial charge is 0.348 e. The van der Waals surface area contributed by atoms with E-state index in [2.05, 4.69) is 11.5 Å². The van der Waals surface area contributed by atoms with E-state index in [1.165, 1.54) is 0 Å². The van der Waals surface area contributed by atoms with Crippen molar-refractivity contribution in [3.63, 3.8) is 0 Å². The lowest BCUT2D eigenvalue weighted by Crippen LogP contribution is -2.41. The van der Waals surface area contributed by atoms with E-state index in [0.29, 0.717) is 6.54 Å². The molecule has 0 spiro atoms. The van der Waals surface area contributed by atoms with Crippen molar-refractivity contribution in [2.24, 2.45) is 5.14 Å². The summed E-state index contributed by atoms with van der Waals surface area (Å²) in [5, 5.41) is 4.95. The number of amides is 1. The summed E-state index contributed by atoms with van der Waals surface area (Å²) in [4.78, 5) is 14.1. The highest BCUT2D eigenvalue weighted by atomic mass is 32.2. The predicted octanol–water partition coefficient (Wildman–Crippen LogP) is 0.850.